The van der Waals surface area contributed by atoms with E-state index in [1.54, 1.807) is 0 Å². The van der Waals surface area contributed by atoms with Gasteiger partial charge < -0.3 is 15.5 Å². The lowest BCUT2D eigenvalue weighted by atomic mass is 10.0. The summed E-state index contributed by atoms with van der Waals surface area (Å²) >= 11 is 0. The molecule has 0 heterocycles. The van der Waals surface area contributed by atoms with Gasteiger partial charge in [-0.25, -0.2) is 0 Å². The second-order valence-electron chi connectivity index (χ2n) is 14.4. The smallest absolute Gasteiger partial charge is 0.267 e. The Morgan fingerprint density at radius 1 is 0.562 bits per heavy atom. The maximum atomic E-state index is 12.6. The van der Waals surface area contributed by atoms with E-state index in [1.807, 2.05) is 6.08 Å². The molecule has 0 aromatic rings. The Morgan fingerprint density at radius 3 is 1.25 bits per heavy atom. The summed E-state index contributed by atoms with van der Waals surface area (Å²) in [4.78, 5) is 12.6. The van der Waals surface area contributed by atoms with Crippen LogP contribution in [0.2, 0.25) is 0 Å². The number of carbonyl (C=O) groups is 1. The van der Waals surface area contributed by atoms with E-state index in [0.29, 0.717) is 6.42 Å². The molecule has 0 rings (SSSR count). The summed E-state index contributed by atoms with van der Waals surface area (Å²) in [7, 11) is -4.43. The lowest BCUT2D eigenvalue weighted by Gasteiger charge is -2.22. The zero-order chi connectivity index (χ0) is 35.6. The van der Waals surface area contributed by atoms with Crippen molar-refractivity contribution in [2.75, 3.05) is 5.75 Å². The molecular weight excluding hydrogens is 623 g/mol. The molecule has 0 aliphatic heterocycles. The molecule has 1 amide bonds. The molecule has 0 fully saturated rings. The van der Waals surface area contributed by atoms with Crippen LogP contribution in [0.1, 0.15) is 213 Å². The number of nitrogens with one attached hydrogen (secondary N) is 1. The molecule has 0 aromatic heterocycles. The highest BCUT2D eigenvalue weighted by Crippen LogP contribution is 2.16. The van der Waals surface area contributed by atoms with Crippen LogP contribution in [-0.2, 0) is 14.9 Å². The van der Waals surface area contributed by atoms with Crippen LogP contribution in [0.15, 0.2) is 12.2 Å². The third-order valence-electron chi connectivity index (χ3n) is 9.57. The fraction of sp³-hybridized carbons (Fsp3) is 0.925. The summed E-state index contributed by atoms with van der Waals surface area (Å²) in [5, 5.41) is 23.4. The molecule has 0 aromatic carbocycles. The largest absolute Gasteiger partial charge is 0.387 e. The van der Waals surface area contributed by atoms with Crippen molar-refractivity contribution in [1.29, 1.82) is 0 Å². The lowest BCUT2D eigenvalue weighted by molar-refractivity contribution is -0.130. The van der Waals surface area contributed by atoms with Gasteiger partial charge in [0.2, 0.25) is 5.91 Å². The summed E-state index contributed by atoms with van der Waals surface area (Å²) in [6, 6.07) is -1.23. The number of allylic oxidation sites excluding steroid dienone is 1. The summed E-state index contributed by atoms with van der Waals surface area (Å²) in [5.74, 6) is -1.53. The highest BCUT2D eigenvalue weighted by Gasteiger charge is 2.27. The second kappa shape index (κ2) is 34.5. The van der Waals surface area contributed by atoms with Gasteiger partial charge in [-0.2, -0.15) is 8.42 Å². The van der Waals surface area contributed by atoms with Gasteiger partial charge >= 0.3 is 0 Å². The molecule has 3 unspecified atom stereocenters. The monoisotopic (exact) mass is 702 g/mol. The van der Waals surface area contributed by atoms with E-state index in [4.69, 9.17) is 0 Å². The first kappa shape index (κ1) is 47.0. The van der Waals surface area contributed by atoms with E-state index in [1.165, 1.54) is 154 Å². The quantitative estimate of drug-likeness (QED) is 0.0290. The number of aliphatic hydroxyl groups excluding tert-OH is 2. The minimum absolute atomic E-state index is 0.285. The Morgan fingerprint density at radius 2 is 0.896 bits per heavy atom. The van der Waals surface area contributed by atoms with Crippen molar-refractivity contribution in [2.45, 2.75) is 231 Å². The second-order valence-corrected chi connectivity index (χ2v) is 15.9. The van der Waals surface area contributed by atoms with E-state index in [9.17, 15) is 28.0 Å². The Hall–Kier alpha value is -0.960. The first-order valence-corrected chi connectivity index (χ1v) is 22.1. The SMILES string of the molecule is CCCCCCCCCCCCCCCCCC/C=C/C(O)C(CS(=O)(=O)O)NC(=O)C(O)CCCCCCCCCCCCCCC. The highest BCUT2D eigenvalue weighted by molar-refractivity contribution is 7.85. The normalized spacial score (nSPS) is 14.0. The molecule has 3 atom stereocenters. The number of carbonyl (C=O) groups excluding carboxylic acids is 1. The minimum Gasteiger partial charge on any atom is -0.387 e. The van der Waals surface area contributed by atoms with Crippen molar-refractivity contribution in [3.63, 3.8) is 0 Å². The molecule has 0 aliphatic rings. The minimum atomic E-state index is -4.43. The molecule has 0 saturated carbocycles. The van der Waals surface area contributed by atoms with Gasteiger partial charge in [0.05, 0.1) is 17.9 Å². The number of hydrogen-bond donors (Lipinski definition) is 4. The number of unbranched alkanes of at least 4 members (excludes halogenated alkanes) is 28. The van der Waals surface area contributed by atoms with Crippen molar-refractivity contribution in [3.05, 3.63) is 12.2 Å². The summed E-state index contributed by atoms with van der Waals surface area (Å²) in [6.45, 7) is 4.51. The first-order valence-electron chi connectivity index (χ1n) is 20.5. The van der Waals surface area contributed by atoms with E-state index in [0.717, 1.165) is 38.5 Å². The summed E-state index contributed by atoms with van der Waals surface area (Å²) in [5.41, 5.74) is 0. The van der Waals surface area contributed by atoms with Gasteiger partial charge in [-0.1, -0.05) is 206 Å². The van der Waals surface area contributed by atoms with Crippen molar-refractivity contribution in [1.82, 2.24) is 5.32 Å². The van der Waals surface area contributed by atoms with Gasteiger partial charge in [0.25, 0.3) is 10.1 Å². The third-order valence-corrected chi connectivity index (χ3v) is 10.4. The van der Waals surface area contributed by atoms with Crippen LogP contribution in [0, 0.1) is 0 Å². The van der Waals surface area contributed by atoms with Crippen LogP contribution in [0.5, 0.6) is 0 Å². The molecule has 286 valence electrons. The summed E-state index contributed by atoms with van der Waals surface area (Å²) in [6.07, 6.45) is 38.4. The van der Waals surface area contributed by atoms with Gasteiger partial charge in [0.1, 0.15) is 6.10 Å². The Labute approximate surface area is 297 Å². The molecule has 0 spiro atoms. The van der Waals surface area contributed by atoms with E-state index in [2.05, 4.69) is 19.2 Å². The standard InChI is InChI=1S/C40H79NO6S/c1-3-5-7-9-11-13-15-17-18-19-20-21-23-24-26-28-30-32-34-38(42)37(36-48(45,46)47)41-40(44)39(43)35-33-31-29-27-25-22-16-14-12-10-8-6-4-2/h32,34,37-39,42-43H,3-31,33,35-36H2,1-2H3,(H,41,44)(H,45,46,47)/b34-32+. The van der Waals surface area contributed by atoms with Gasteiger partial charge in [0.15, 0.2) is 0 Å². The molecule has 4 N–H and O–H groups in total. The van der Waals surface area contributed by atoms with Crippen molar-refractivity contribution < 1.29 is 28.0 Å². The van der Waals surface area contributed by atoms with Gasteiger partial charge in [0, 0.05) is 0 Å². The predicted molar refractivity (Wildman–Crippen MR) is 204 cm³/mol. The lowest BCUT2D eigenvalue weighted by Crippen LogP contribution is -2.50. The molecule has 7 nitrogen and oxygen atoms in total. The third kappa shape index (κ3) is 33.5. The average molecular weight is 702 g/mol. The highest BCUT2D eigenvalue weighted by atomic mass is 32.2. The van der Waals surface area contributed by atoms with Crippen molar-refractivity contribution in [3.8, 4) is 0 Å². The molecule has 0 saturated heterocycles. The summed E-state index contributed by atoms with van der Waals surface area (Å²) < 4.78 is 32.5. The Balaban J connectivity index is 4.02. The Kier molecular flexibility index (Phi) is 33.8. The number of amides is 1. The van der Waals surface area contributed by atoms with Crippen LogP contribution in [0.25, 0.3) is 0 Å². The predicted octanol–water partition coefficient (Wildman–Crippen LogP) is 10.8. The van der Waals surface area contributed by atoms with Gasteiger partial charge in [-0.15, -0.1) is 0 Å². The first-order chi connectivity index (χ1) is 23.2. The molecule has 8 heteroatoms. The van der Waals surface area contributed by atoms with E-state index >= 15 is 0 Å². The number of aliphatic hydroxyl groups is 2. The van der Waals surface area contributed by atoms with Crippen LogP contribution >= 0.6 is 0 Å². The average Bonchev–Trinajstić information content (AvgIpc) is 3.05. The van der Waals surface area contributed by atoms with Gasteiger partial charge in [-0.3, -0.25) is 9.35 Å². The van der Waals surface area contributed by atoms with Crippen molar-refractivity contribution >= 4 is 16.0 Å². The zero-order valence-electron chi connectivity index (χ0n) is 31.5. The number of hydrogen-bond acceptors (Lipinski definition) is 5. The van der Waals surface area contributed by atoms with Crippen LogP contribution in [-0.4, -0.2) is 53.1 Å². The molecule has 0 aliphatic carbocycles. The van der Waals surface area contributed by atoms with Crippen molar-refractivity contribution in [2.24, 2.45) is 0 Å². The Bertz CT molecular complexity index is 834. The molecule has 0 radical (unpaired) electrons. The fourth-order valence-electron chi connectivity index (χ4n) is 6.40. The van der Waals surface area contributed by atoms with Crippen LogP contribution in [0.4, 0.5) is 0 Å². The maximum Gasteiger partial charge on any atom is 0.267 e. The van der Waals surface area contributed by atoms with Crippen LogP contribution in [0.3, 0.4) is 0 Å². The van der Waals surface area contributed by atoms with Gasteiger partial charge in [-0.05, 0) is 19.3 Å². The molecule has 0 bridgehead atoms. The number of rotatable bonds is 37. The maximum absolute atomic E-state index is 12.6. The van der Waals surface area contributed by atoms with E-state index in [-0.39, 0.29) is 6.42 Å². The zero-order valence-corrected chi connectivity index (χ0v) is 32.3. The van der Waals surface area contributed by atoms with E-state index < -0.39 is 40.0 Å². The molecule has 48 heavy (non-hydrogen) atoms. The topological polar surface area (TPSA) is 124 Å². The fourth-order valence-corrected chi connectivity index (χ4v) is 7.13. The van der Waals surface area contributed by atoms with Crippen LogP contribution < -0.4 is 5.32 Å². The molecular formula is C40H79NO6S.